The Balaban J connectivity index is 0.944. The van der Waals surface area contributed by atoms with E-state index in [0.717, 1.165) is 74.4 Å². The van der Waals surface area contributed by atoms with Crippen molar-refractivity contribution in [3.63, 3.8) is 0 Å². The first kappa shape index (κ1) is 33.7. The third-order valence-corrected chi connectivity index (χ3v) is 10.8. The number of ether oxygens (including phenoxy) is 1. The number of fused-ring (bicyclic) bond motifs is 1. The number of hydrogen-bond acceptors (Lipinski definition) is 10. The first-order valence-electron chi connectivity index (χ1n) is 16.9. The van der Waals surface area contributed by atoms with Crippen LogP contribution in [0.25, 0.3) is 22.2 Å². The minimum absolute atomic E-state index is 0.113. The zero-order chi connectivity index (χ0) is 35.2. The Morgan fingerprint density at radius 3 is 2.50 bits per heavy atom. The maximum atomic E-state index is 13.5. The van der Waals surface area contributed by atoms with Crippen molar-refractivity contribution in [3.05, 3.63) is 65.4 Å². The van der Waals surface area contributed by atoms with Crippen LogP contribution >= 0.6 is 11.3 Å². The smallest absolute Gasteiger partial charge is 0.407 e. The SMILES string of the molecule is CN(c1nc(-c2ccc(F)cc2)c(C#N)s1)c1ccnc2ccc(N3CCN(CC(=O)N4CC5(CC(NC(=O)OC(C)(C)C)C5)C4)CC3)cc12. The molecule has 3 aliphatic rings. The van der Waals surface area contributed by atoms with Crippen LogP contribution in [0.5, 0.6) is 0 Å². The van der Waals surface area contributed by atoms with E-state index in [9.17, 15) is 19.2 Å². The highest BCUT2D eigenvalue weighted by Crippen LogP contribution is 2.48. The number of piperazine rings is 1. The fourth-order valence-electron chi connectivity index (χ4n) is 7.26. The van der Waals surface area contributed by atoms with Crippen LogP contribution in [0, 0.1) is 22.6 Å². The number of aromatic nitrogens is 2. The Hall–Kier alpha value is -4.80. The van der Waals surface area contributed by atoms with Crippen molar-refractivity contribution in [2.75, 3.05) is 62.7 Å². The topological polar surface area (TPSA) is 118 Å². The van der Waals surface area contributed by atoms with Gasteiger partial charge >= 0.3 is 6.09 Å². The lowest BCUT2D eigenvalue weighted by molar-refractivity contribution is -0.153. The number of benzene rings is 2. The lowest BCUT2D eigenvalue weighted by Gasteiger charge is -2.59. The molecule has 0 bridgehead atoms. The number of carbonyl (C=O) groups is 2. The van der Waals surface area contributed by atoms with Crippen LogP contribution in [0.3, 0.4) is 0 Å². The van der Waals surface area contributed by atoms with Crippen LogP contribution in [0.1, 0.15) is 38.5 Å². The van der Waals surface area contributed by atoms with Gasteiger partial charge < -0.3 is 24.8 Å². The van der Waals surface area contributed by atoms with Crippen LogP contribution in [-0.2, 0) is 9.53 Å². The van der Waals surface area contributed by atoms with E-state index in [1.54, 1.807) is 18.3 Å². The zero-order valence-corrected chi connectivity index (χ0v) is 29.6. The number of anilines is 3. The lowest BCUT2D eigenvalue weighted by atomic mass is 9.60. The predicted octanol–water partition coefficient (Wildman–Crippen LogP) is 5.77. The number of pyridine rings is 1. The summed E-state index contributed by atoms with van der Waals surface area (Å²) in [6, 6.07) is 16.6. The lowest BCUT2D eigenvalue weighted by Crippen LogP contribution is -2.68. The summed E-state index contributed by atoms with van der Waals surface area (Å²) < 4.78 is 18.9. The van der Waals surface area contributed by atoms with Crippen LogP contribution in [-0.4, -0.2) is 96.3 Å². The molecule has 1 spiro atoms. The summed E-state index contributed by atoms with van der Waals surface area (Å²) in [5, 5.41) is 14.4. The van der Waals surface area contributed by atoms with Gasteiger partial charge in [-0.2, -0.15) is 5.26 Å². The average molecular weight is 697 g/mol. The molecular weight excluding hydrogens is 656 g/mol. The van der Waals surface area contributed by atoms with Crippen molar-refractivity contribution in [1.82, 2.24) is 25.1 Å². The highest BCUT2D eigenvalue weighted by atomic mass is 32.1. The number of rotatable bonds is 7. The molecule has 2 aromatic heterocycles. The van der Waals surface area contributed by atoms with Gasteiger partial charge in [0.2, 0.25) is 5.91 Å². The van der Waals surface area contributed by atoms with E-state index in [1.165, 1.54) is 23.5 Å². The molecule has 1 saturated carbocycles. The summed E-state index contributed by atoms with van der Waals surface area (Å²) >= 11 is 1.30. The number of nitriles is 1. The Bertz CT molecular complexity index is 1950. The van der Waals surface area contributed by atoms with Crippen molar-refractivity contribution in [1.29, 1.82) is 5.26 Å². The molecule has 2 saturated heterocycles. The summed E-state index contributed by atoms with van der Waals surface area (Å²) in [4.78, 5) is 43.5. The summed E-state index contributed by atoms with van der Waals surface area (Å²) in [7, 11) is 1.93. The number of nitrogens with one attached hydrogen (secondary N) is 1. The molecule has 50 heavy (non-hydrogen) atoms. The van der Waals surface area contributed by atoms with E-state index >= 15 is 0 Å². The molecule has 11 nitrogen and oxygen atoms in total. The fourth-order valence-corrected chi connectivity index (χ4v) is 8.12. The number of hydrogen-bond donors (Lipinski definition) is 1. The normalized spacial score (nSPS) is 17.6. The second-order valence-electron chi connectivity index (χ2n) is 14.6. The van der Waals surface area contributed by atoms with E-state index < -0.39 is 5.60 Å². The van der Waals surface area contributed by atoms with E-state index in [4.69, 9.17) is 9.72 Å². The molecule has 4 heterocycles. The molecule has 0 atom stereocenters. The number of alkyl carbamates (subject to hydrolysis) is 1. The van der Waals surface area contributed by atoms with Crippen LogP contribution in [0.4, 0.5) is 25.7 Å². The van der Waals surface area contributed by atoms with Gasteiger partial charge in [-0.05, 0) is 82.1 Å². The van der Waals surface area contributed by atoms with Crippen LogP contribution < -0.4 is 15.1 Å². The van der Waals surface area contributed by atoms with Crippen molar-refractivity contribution in [2.24, 2.45) is 5.41 Å². The summed E-state index contributed by atoms with van der Waals surface area (Å²) in [5.41, 5.74) is 3.69. The van der Waals surface area contributed by atoms with E-state index in [2.05, 4.69) is 38.3 Å². The van der Waals surface area contributed by atoms with Gasteiger partial charge in [0, 0.05) is 80.6 Å². The molecule has 2 amide bonds. The molecule has 0 unspecified atom stereocenters. The molecule has 1 N–H and O–H groups in total. The van der Waals surface area contributed by atoms with Crippen molar-refractivity contribution >= 4 is 50.7 Å². The first-order valence-corrected chi connectivity index (χ1v) is 17.7. The highest BCUT2D eigenvalue weighted by Gasteiger charge is 2.54. The third-order valence-electron chi connectivity index (χ3n) is 9.77. The molecule has 2 aromatic carbocycles. The number of halogens is 1. The Labute approximate surface area is 295 Å². The summed E-state index contributed by atoms with van der Waals surface area (Å²) in [5.74, 6) is -0.171. The Morgan fingerprint density at radius 1 is 1.10 bits per heavy atom. The van der Waals surface area contributed by atoms with E-state index in [-0.39, 0.29) is 29.3 Å². The van der Waals surface area contributed by atoms with Crippen molar-refractivity contribution < 1.29 is 18.7 Å². The third kappa shape index (κ3) is 6.95. The van der Waals surface area contributed by atoms with Gasteiger partial charge in [0.05, 0.1) is 17.7 Å². The molecule has 1 aliphatic carbocycles. The standard InChI is InChI=1S/C37H41FN8O3S/c1-36(2,3)49-35(48)41-26-18-37(19-26)22-46(23-37)32(47)21-44-13-15-45(16-14-44)27-9-10-29-28(17-27)30(11-12-40-29)43(4)34-42-33(31(20-39)50-34)24-5-7-25(38)8-6-24/h5-12,17,26H,13-16,18-19,21-23H2,1-4H3,(H,41,48). The molecule has 7 rings (SSSR count). The van der Waals surface area contributed by atoms with Gasteiger partial charge in [-0.3, -0.25) is 14.7 Å². The van der Waals surface area contributed by atoms with Gasteiger partial charge in [-0.1, -0.05) is 11.3 Å². The Kier molecular flexibility index (Phi) is 8.86. The number of thiazole rings is 1. The summed E-state index contributed by atoms with van der Waals surface area (Å²) in [6.45, 7) is 10.7. The zero-order valence-electron chi connectivity index (χ0n) is 28.8. The molecule has 4 aromatic rings. The van der Waals surface area contributed by atoms with Crippen LogP contribution in [0.2, 0.25) is 0 Å². The van der Waals surface area contributed by atoms with Gasteiger partial charge in [0.1, 0.15) is 28.1 Å². The van der Waals surface area contributed by atoms with Gasteiger partial charge in [0.15, 0.2) is 5.13 Å². The summed E-state index contributed by atoms with van der Waals surface area (Å²) in [6.07, 6.45) is 3.17. The first-order chi connectivity index (χ1) is 23.9. The number of nitrogens with zero attached hydrogens (tertiary/aromatic N) is 7. The highest BCUT2D eigenvalue weighted by molar-refractivity contribution is 7.16. The van der Waals surface area contributed by atoms with Crippen LogP contribution in [0.15, 0.2) is 54.7 Å². The molecule has 3 fully saturated rings. The monoisotopic (exact) mass is 696 g/mol. The number of likely N-dealkylation sites (tertiary alicyclic amines) is 1. The molecular formula is C37H41FN8O3S. The molecule has 260 valence electrons. The molecule has 2 aliphatic heterocycles. The second kappa shape index (κ2) is 13.2. The molecule has 13 heteroatoms. The van der Waals surface area contributed by atoms with Gasteiger partial charge in [-0.25, -0.2) is 14.2 Å². The minimum atomic E-state index is -0.517. The number of carbonyl (C=O) groups excluding carboxylic acids is 2. The molecule has 0 radical (unpaired) electrons. The largest absolute Gasteiger partial charge is 0.444 e. The van der Waals surface area contributed by atoms with Crippen molar-refractivity contribution in [3.8, 4) is 17.3 Å². The van der Waals surface area contributed by atoms with E-state index in [1.807, 2.05) is 49.8 Å². The maximum Gasteiger partial charge on any atom is 0.407 e. The quantitative estimate of drug-likeness (QED) is 0.257. The van der Waals surface area contributed by atoms with E-state index in [0.29, 0.717) is 27.8 Å². The Morgan fingerprint density at radius 2 is 1.82 bits per heavy atom. The predicted molar refractivity (Wildman–Crippen MR) is 192 cm³/mol. The maximum absolute atomic E-state index is 13.5. The fraction of sp³-hybridized carbons (Fsp3) is 0.432. The van der Waals surface area contributed by atoms with Gasteiger partial charge in [-0.15, -0.1) is 0 Å². The van der Waals surface area contributed by atoms with Crippen molar-refractivity contribution in [2.45, 2.75) is 45.3 Å². The number of amides is 2. The average Bonchev–Trinajstić information content (AvgIpc) is 3.49. The second-order valence-corrected chi connectivity index (χ2v) is 15.6. The van der Waals surface area contributed by atoms with Gasteiger partial charge in [0.25, 0.3) is 0 Å². The minimum Gasteiger partial charge on any atom is -0.444 e.